The molecule has 0 fully saturated rings. The molecule has 0 aliphatic heterocycles. The number of rotatable bonds is 14. The highest BCUT2D eigenvalue weighted by molar-refractivity contribution is 5.88. The monoisotopic (exact) mass is 622 g/mol. The van der Waals surface area contributed by atoms with E-state index in [1.807, 2.05) is 22.9 Å². The molecule has 2 amide bonds. The SMILES string of the molecule is CCCNc1nc(Nc2ccc3c(OC)nn(CCOC)c3c2)ncc1C#CCCCNC(=O)[C@H](C)N(C)C(=O)OC(C)(C)C. The summed E-state index contributed by atoms with van der Waals surface area (Å²) in [5.41, 5.74) is 1.76. The second-order valence-corrected chi connectivity index (χ2v) is 11.4. The van der Waals surface area contributed by atoms with Crippen LogP contribution in [0.15, 0.2) is 24.4 Å². The zero-order chi connectivity index (χ0) is 33.0. The molecule has 45 heavy (non-hydrogen) atoms. The minimum Gasteiger partial charge on any atom is -0.479 e. The van der Waals surface area contributed by atoms with Crippen LogP contribution in [0.1, 0.15) is 59.4 Å². The molecule has 3 rings (SSSR count). The summed E-state index contributed by atoms with van der Waals surface area (Å²) in [5, 5.41) is 14.9. The molecule has 3 aromatic rings. The van der Waals surface area contributed by atoms with Crippen molar-refractivity contribution in [3.8, 4) is 17.7 Å². The molecule has 0 saturated heterocycles. The van der Waals surface area contributed by atoms with Gasteiger partial charge in [-0.25, -0.2) is 9.78 Å². The summed E-state index contributed by atoms with van der Waals surface area (Å²) in [5.74, 6) is 7.68. The van der Waals surface area contributed by atoms with Crippen molar-refractivity contribution in [1.82, 2.24) is 30.0 Å². The molecule has 1 atom stereocenters. The first-order valence-electron chi connectivity index (χ1n) is 15.1. The highest BCUT2D eigenvalue weighted by Gasteiger charge is 2.26. The number of benzene rings is 1. The van der Waals surface area contributed by atoms with Crippen LogP contribution in [-0.4, -0.2) is 89.3 Å². The van der Waals surface area contributed by atoms with Crippen molar-refractivity contribution in [2.45, 2.75) is 72.1 Å². The molecule has 0 radical (unpaired) electrons. The normalized spacial score (nSPS) is 11.7. The van der Waals surface area contributed by atoms with E-state index >= 15 is 0 Å². The Hall–Kier alpha value is -4.57. The first-order valence-corrected chi connectivity index (χ1v) is 15.1. The summed E-state index contributed by atoms with van der Waals surface area (Å²) in [6.45, 7) is 11.4. The lowest BCUT2D eigenvalue weighted by Crippen LogP contribution is -2.47. The summed E-state index contributed by atoms with van der Waals surface area (Å²) in [4.78, 5) is 35.2. The number of unbranched alkanes of at least 4 members (excludes halogenated alkanes) is 1. The number of aromatic nitrogens is 4. The average Bonchev–Trinajstić information content (AvgIpc) is 3.36. The van der Waals surface area contributed by atoms with E-state index in [1.165, 1.54) is 4.90 Å². The number of methoxy groups -OCH3 is 2. The molecule has 0 unspecified atom stereocenters. The zero-order valence-corrected chi connectivity index (χ0v) is 27.6. The predicted molar refractivity (Wildman–Crippen MR) is 175 cm³/mol. The number of carbonyl (C=O) groups excluding carboxylic acids is 2. The Morgan fingerprint density at radius 1 is 1.18 bits per heavy atom. The number of ether oxygens (including phenoxy) is 3. The van der Waals surface area contributed by atoms with E-state index in [2.05, 4.69) is 49.8 Å². The topological polar surface area (TPSA) is 145 Å². The Balaban J connectivity index is 1.61. The van der Waals surface area contributed by atoms with Crippen molar-refractivity contribution < 1.29 is 23.8 Å². The summed E-state index contributed by atoms with van der Waals surface area (Å²) in [7, 11) is 4.81. The van der Waals surface area contributed by atoms with E-state index in [0.717, 1.165) is 29.6 Å². The fourth-order valence-electron chi connectivity index (χ4n) is 4.12. The van der Waals surface area contributed by atoms with E-state index < -0.39 is 17.7 Å². The van der Waals surface area contributed by atoms with Gasteiger partial charge in [-0.3, -0.25) is 14.4 Å². The van der Waals surface area contributed by atoms with Gasteiger partial charge >= 0.3 is 6.09 Å². The number of carbonyl (C=O) groups is 2. The first-order chi connectivity index (χ1) is 21.5. The molecule has 0 aliphatic carbocycles. The largest absolute Gasteiger partial charge is 0.479 e. The van der Waals surface area contributed by atoms with Crippen molar-refractivity contribution in [2.75, 3.05) is 51.6 Å². The molecule has 3 N–H and O–H groups in total. The Kier molecular flexibility index (Phi) is 12.8. The van der Waals surface area contributed by atoms with Gasteiger partial charge in [0.25, 0.3) is 0 Å². The molecule has 0 aliphatic rings. The van der Waals surface area contributed by atoms with E-state index in [4.69, 9.17) is 14.2 Å². The molecule has 0 bridgehead atoms. The molecular formula is C32H46N8O5. The van der Waals surface area contributed by atoms with Crippen LogP contribution in [0, 0.1) is 11.8 Å². The molecule has 244 valence electrons. The number of hydrogen-bond donors (Lipinski definition) is 3. The van der Waals surface area contributed by atoms with Crippen LogP contribution in [-0.2, 0) is 20.8 Å². The van der Waals surface area contributed by atoms with Crippen LogP contribution >= 0.6 is 0 Å². The number of anilines is 3. The van der Waals surface area contributed by atoms with Crippen LogP contribution in [0.25, 0.3) is 10.9 Å². The molecular weight excluding hydrogens is 576 g/mol. The summed E-state index contributed by atoms with van der Waals surface area (Å²) >= 11 is 0. The second kappa shape index (κ2) is 16.5. The molecule has 2 heterocycles. The average molecular weight is 623 g/mol. The van der Waals surface area contributed by atoms with Gasteiger partial charge in [0.05, 0.1) is 42.9 Å². The quantitative estimate of drug-likeness (QED) is 0.173. The third-order valence-electron chi connectivity index (χ3n) is 6.65. The van der Waals surface area contributed by atoms with Crippen LogP contribution < -0.4 is 20.7 Å². The standard InChI is InChI=1S/C32H46N8O5/c1-9-16-33-27-23(13-11-10-12-17-34-28(41)22(2)39(6)31(42)45-32(3,4)5)21-35-30(37-27)36-24-14-15-25-26(20-24)40(18-19-43-7)38-29(25)44-8/h14-15,20-22H,9-10,12,16-19H2,1-8H3,(H,34,41)(H2,33,35,36,37)/t22-/m0/s1. The van der Waals surface area contributed by atoms with Crippen molar-refractivity contribution in [1.29, 1.82) is 0 Å². The summed E-state index contributed by atoms with van der Waals surface area (Å²) in [6.07, 6.45) is 3.28. The zero-order valence-electron chi connectivity index (χ0n) is 27.6. The number of hydrogen-bond acceptors (Lipinski definition) is 10. The molecule has 2 aromatic heterocycles. The minimum atomic E-state index is -0.662. The maximum atomic E-state index is 12.5. The molecule has 0 saturated carbocycles. The number of nitrogens with zero attached hydrogens (tertiary/aromatic N) is 5. The predicted octanol–water partition coefficient (Wildman–Crippen LogP) is 4.55. The van der Waals surface area contributed by atoms with Crippen LogP contribution in [0.5, 0.6) is 5.88 Å². The van der Waals surface area contributed by atoms with Gasteiger partial charge in [-0.15, -0.1) is 5.10 Å². The van der Waals surface area contributed by atoms with E-state index in [9.17, 15) is 9.59 Å². The summed E-state index contributed by atoms with van der Waals surface area (Å²) in [6, 6.07) is 5.19. The van der Waals surface area contributed by atoms with Crippen LogP contribution in [0.4, 0.5) is 22.2 Å². The van der Waals surface area contributed by atoms with Gasteiger partial charge in [0.2, 0.25) is 17.7 Å². The number of nitrogens with one attached hydrogen (secondary N) is 3. The molecule has 0 spiro atoms. The third-order valence-corrected chi connectivity index (χ3v) is 6.65. The van der Waals surface area contributed by atoms with Gasteiger partial charge < -0.3 is 30.2 Å². The lowest BCUT2D eigenvalue weighted by molar-refractivity contribution is -0.125. The highest BCUT2D eigenvalue weighted by atomic mass is 16.6. The van der Waals surface area contributed by atoms with Gasteiger partial charge in [0, 0.05) is 39.4 Å². The fourth-order valence-corrected chi connectivity index (χ4v) is 4.12. The van der Waals surface area contributed by atoms with Gasteiger partial charge in [0.15, 0.2) is 0 Å². The number of fused-ring (bicyclic) bond motifs is 1. The number of likely N-dealkylation sites (N-methyl/N-ethyl adjacent to an activating group) is 1. The van der Waals surface area contributed by atoms with Crippen molar-refractivity contribution in [3.63, 3.8) is 0 Å². The van der Waals surface area contributed by atoms with Crippen LogP contribution in [0.3, 0.4) is 0 Å². The second-order valence-electron chi connectivity index (χ2n) is 11.4. The first kappa shape index (κ1) is 34.9. The Morgan fingerprint density at radius 3 is 2.64 bits per heavy atom. The molecule has 1 aromatic carbocycles. The fraction of sp³-hybridized carbons (Fsp3) is 0.531. The molecule has 13 heteroatoms. The van der Waals surface area contributed by atoms with E-state index in [0.29, 0.717) is 55.7 Å². The Morgan fingerprint density at radius 2 is 1.96 bits per heavy atom. The Labute approximate surface area is 265 Å². The maximum absolute atomic E-state index is 12.5. The highest BCUT2D eigenvalue weighted by Crippen LogP contribution is 2.28. The van der Waals surface area contributed by atoms with Crippen LogP contribution in [0.2, 0.25) is 0 Å². The maximum Gasteiger partial charge on any atom is 0.410 e. The van der Waals surface area contributed by atoms with E-state index in [1.54, 1.807) is 55.2 Å². The Bertz CT molecular complexity index is 1500. The van der Waals surface area contributed by atoms with Gasteiger partial charge in [-0.1, -0.05) is 18.8 Å². The lowest BCUT2D eigenvalue weighted by atomic mass is 10.2. The summed E-state index contributed by atoms with van der Waals surface area (Å²) < 4.78 is 17.9. The molecule has 13 nitrogen and oxygen atoms in total. The van der Waals surface area contributed by atoms with Gasteiger partial charge in [-0.05, 0) is 58.7 Å². The van der Waals surface area contributed by atoms with E-state index in [-0.39, 0.29) is 5.91 Å². The van der Waals surface area contributed by atoms with Crippen molar-refractivity contribution in [3.05, 3.63) is 30.0 Å². The van der Waals surface area contributed by atoms with Gasteiger partial charge in [0.1, 0.15) is 17.5 Å². The number of amides is 2. The van der Waals surface area contributed by atoms with Gasteiger partial charge in [-0.2, -0.15) is 4.98 Å². The van der Waals surface area contributed by atoms with Crippen molar-refractivity contribution in [2.24, 2.45) is 0 Å². The minimum absolute atomic E-state index is 0.253. The van der Waals surface area contributed by atoms with Crippen molar-refractivity contribution >= 4 is 40.4 Å². The smallest absolute Gasteiger partial charge is 0.410 e. The lowest BCUT2D eigenvalue weighted by Gasteiger charge is -2.28. The third kappa shape index (κ3) is 10.2.